The van der Waals surface area contributed by atoms with Gasteiger partial charge in [-0.25, -0.2) is 4.99 Å². The first-order chi connectivity index (χ1) is 9.67. The summed E-state index contributed by atoms with van der Waals surface area (Å²) >= 11 is 0. The van der Waals surface area contributed by atoms with Gasteiger partial charge in [-0.1, -0.05) is 25.1 Å². The second-order valence-corrected chi connectivity index (χ2v) is 4.18. The zero-order valence-corrected chi connectivity index (χ0v) is 11.6. The predicted octanol–water partition coefficient (Wildman–Crippen LogP) is 2.23. The maximum atomic E-state index is 10.6. The predicted molar refractivity (Wildman–Crippen MR) is 80.7 cm³/mol. The average Bonchev–Trinajstić information content (AvgIpc) is 2.47. The van der Waals surface area contributed by atoms with Gasteiger partial charge >= 0.3 is 0 Å². The molecule has 0 fully saturated rings. The van der Waals surface area contributed by atoms with Gasteiger partial charge in [0.15, 0.2) is 5.96 Å². The Labute approximate surface area is 118 Å². The minimum absolute atomic E-state index is 0.0897. The van der Waals surface area contributed by atoms with E-state index in [2.05, 4.69) is 29.1 Å². The smallest absolute Gasteiger partial charge is 0.269 e. The summed E-state index contributed by atoms with van der Waals surface area (Å²) in [5.74, 6) is 0.713. The van der Waals surface area contributed by atoms with E-state index >= 15 is 0 Å². The van der Waals surface area contributed by atoms with E-state index in [0.29, 0.717) is 19.0 Å². The van der Waals surface area contributed by atoms with Crippen molar-refractivity contribution in [2.75, 3.05) is 13.1 Å². The molecule has 0 atom stereocenters. The average molecular weight is 276 g/mol. The van der Waals surface area contributed by atoms with E-state index in [9.17, 15) is 10.1 Å². The number of nitrogens with one attached hydrogen (secondary N) is 2. The maximum Gasteiger partial charge on any atom is 0.269 e. The van der Waals surface area contributed by atoms with Gasteiger partial charge < -0.3 is 10.6 Å². The summed E-state index contributed by atoms with van der Waals surface area (Å²) in [6, 6.07) is 6.40. The minimum Gasteiger partial charge on any atom is -0.356 e. The number of nitro benzene ring substituents is 1. The molecule has 0 bridgehead atoms. The summed E-state index contributed by atoms with van der Waals surface area (Å²) in [5.41, 5.74) is 1.01. The lowest BCUT2D eigenvalue weighted by atomic mass is 10.2. The summed E-state index contributed by atoms with van der Waals surface area (Å²) in [6.45, 7) is 7.66. The van der Waals surface area contributed by atoms with Crippen LogP contribution in [0.15, 0.2) is 41.9 Å². The molecule has 0 saturated carbocycles. The summed E-state index contributed by atoms with van der Waals surface area (Å²) in [6.07, 6.45) is 2.77. The third-order valence-electron chi connectivity index (χ3n) is 2.52. The van der Waals surface area contributed by atoms with Crippen LogP contribution in [0.25, 0.3) is 0 Å². The van der Waals surface area contributed by atoms with Crippen LogP contribution in [0.5, 0.6) is 0 Å². The van der Waals surface area contributed by atoms with Gasteiger partial charge in [-0.3, -0.25) is 10.1 Å². The fraction of sp³-hybridized carbons (Fsp3) is 0.357. The monoisotopic (exact) mass is 276 g/mol. The van der Waals surface area contributed by atoms with Gasteiger partial charge in [0.05, 0.1) is 11.5 Å². The van der Waals surface area contributed by atoms with Gasteiger partial charge in [-0.05, 0) is 12.0 Å². The van der Waals surface area contributed by atoms with Crippen molar-refractivity contribution in [3.8, 4) is 0 Å². The molecule has 0 aliphatic carbocycles. The molecular formula is C14H20N4O2. The van der Waals surface area contributed by atoms with E-state index in [0.717, 1.165) is 18.5 Å². The molecule has 0 aliphatic heterocycles. The number of nitrogens with zero attached hydrogens (tertiary/aromatic N) is 2. The Balaban J connectivity index is 2.64. The van der Waals surface area contributed by atoms with Crippen LogP contribution in [0.3, 0.4) is 0 Å². The Morgan fingerprint density at radius 2 is 2.10 bits per heavy atom. The van der Waals surface area contributed by atoms with Crippen LogP contribution in [-0.2, 0) is 6.54 Å². The van der Waals surface area contributed by atoms with Crippen LogP contribution in [0.1, 0.15) is 18.9 Å². The van der Waals surface area contributed by atoms with Crippen LogP contribution in [-0.4, -0.2) is 24.0 Å². The molecule has 0 heterocycles. The normalized spacial score (nSPS) is 10.9. The van der Waals surface area contributed by atoms with Gasteiger partial charge in [0.2, 0.25) is 0 Å². The van der Waals surface area contributed by atoms with E-state index in [-0.39, 0.29) is 5.69 Å². The highest BCUT2D eigenvalue weighted by atomic mass is 16.6. The number of aliphatic imine (C=N–C) groups is 1. The first-order valence-corrected chi connectivity index (χ1v) is 6.53. The van der Waals surface area contributed by atoms with Crippen LogP contribution >= 0.6 is 0 Å². The van der Waals surface area contributed by atoms with Gasteiger partial charge in [-0.2, -0.15) is 0 Å². The third kappa shape index (κ3) is 5.51. The number of non-ortho nitro benzene ring substituents is 1. The summed E-state index contributed by atoms with van der Waals surface area (Å²) < 4.78 is 0. The highest BCUT2D eigenvalue weighted by Crippen LogP contribution is 2.12. The number of rotatable bonds is 7. The van der Waals surface area contributed by atoms with E-state index < -0.39 is 4.92 Å². The molecule has 1 aromatic rings. The second kappa shape index (κ2) is 8.68. The zero-order chi connectivity index (χ0) is 14.8. The van der Waals surface area contributed by atoms with E-state index in [4.69, 9.17) is 0 Å². The third-order valence-corrected chi connectivity index (χ3v) is 2.52. The molecule has 6 nitrogen and oxygen atoms in total. The summed E-state index contributed by atoms with van der Waals surface area (Å²) in [4.78, 5) is 14.6. The number of hydrogen-bond acceptors (Lipinski definition) is 3. The van der Waals surface area contributed by atoms with Crippen LogP contribution < -0.4 is 10.6 Å². The van der Waals surface area contributed by atoms with Crippen molar-refractivity contribution >= 4 is 11.6 Å². The molecular weight excluding hydrogens is 256 g/mol. The van der Waals surface area contributed by atoms with E-state index in [1.807, 2.05) is 0 Å². The van der Waals surface area contributed by atoms with Crippen molar-refractivity contribution in [1.82, 2.24) is 10.6 Å². The topological polar surface area (TPSA) is 79.6 Å². The van der Waals surface area contributed by atoms with Crippen LogP contribution in [0, 0.1) is 10.1 Å². The zero-order valence-electron chi connectivity index (χ0n) is 11.6. The highest BCUT2D eigenvalue weighted by Gasteiger charge is 2.03. The van der Waals surface area contributed by atoms with Crippen molar-refractivity contribution < 1.29 is 4.92 Å². The molecule has 6 heteroatoms. The number of benzene rings is 1. The summed E-state index contributed by atoms with van der Waals surface area (Å²) in [5, 5.41) is 16.9. The van der Waals surface area contributed by atoms with Crippen LogP contribution in [0.4, 0.5) is 5.69 Å². The second-order valence-electron chi connectivity index (χ2n) is 4.18. The Bertz CT molecular complexity index is 469. The Morgan fingerprint density at radius 3 is 2.65 bits per heavy atom. The first kappa shape index (κ1) is 15.7. The Kier molecular flexibility index (Phi) is 6.81. The first-order valence-electron chi connectivity index (χ1n) is 6.53. The quantitative estimate of drug-likeness (QED) is 0.263. The fourth-order valence-corrected chi connectivity index (χ4v) is 1.48. The lowest BCUT2D eigenvalue weighted by Gasteiger charge is -2.10. The molecule has 0 aliphatic rings. The van der Waals surface area contributed by atoms with Crippen LogP contribution in [0.2, 0.25) is 0 Å². The number of hydrogen-bond donors (Lipinski definition) is 2. The number of guanidine groups is 1. The minimum atomic E-state index is -0.410. The molecule has 20 heavy (non-hydrogen) atoms. The SMILES string of the molecule is C=CCNC(=NCc1ccc([N+](=O)[O-])cc1)NCCC. The summed E-state index contributed by atoms with van der Waals surface area (Å²) in [7, 11) is 0. The molecule has 0 saturated heterocycles. The van der Waals surface area contributed by atoms with E-state index in [1.165, 1.54) is 12.1 Å². The molecule has 1 aromatic carbocycles. The molecule has 0 aromatic heterocycles. The molecule has 0 radical (unpaired) electrons. The van der Waals surface area contributed by atoms with Crippen molar-refractivity contribution in [3.63, 3.8) is 0 Å². The van der Waals surface area contributed by atoms with Crippen molar-refractivity contribution in [1.29, 1.82) is 0 Å². The molecule has 0 spiro atoms. The molecule has 108 valence electrons. The van der Waals surface area contributed by atoms with Gasteiger partial charge in [-0.15, -0.1) is 6.58 Å². The maximum absolute atomic E-state index is 10.6. The van der Waals surface area contributed by atoms with Gasteiger partial charge in [0.1, 0.15) is 0 Å². The lowest BCUT2D eigenvalue weighted by Crippen LogP contribution is -2.37. The molecule has 0 unspecified atom stereocenters. The highest BCUT2D eigenvalue weighted by molar-refractivity contribution is 5.79. The Hall–Kier alpha value is -2.37. The van der Waals surface area contributed by atoms with Crippen molar-refractivity contribution in [2.24, 2.45) is 4.99 Å². The molecule has 2 N–H and O–H groups in total. The molecule has 0 amide bonds. The van der Waals surface area contributed by atoms with Gasteiger partial charge in [0.25, 0.3) is 5.69 Å². The number of nitro groups is 1. The Morgan fingerprint density at radius 1 is 1.40 bits per heavy atom. The van der Waals surface area contributed by atoms with Crippen molar-refractivity contribution in [2.45, 2.75) is 19.9 Å². The lowest BCUT2D eigenvalue weighted by molar-refractivity contribution is -0.384. The standard InChI is InChI=1S/C14H20N4O2/c1-3-9-15-14(16-10-4-2)17-11-12-5-7-13(8-6-12)18(19)20/h3,5-8H,1,4,9-11H2,2H3,(H2,15,16,17). The fourth-order valence-electron chi connectivity index (χ4n) is 1.48. The van der Waals surface area contributed by atoms with E-state index in [1.54, 1.807) is 18.2 Å². The molecule has 1 rings (SSSR count). The van der Waals surface area contributed by atoms with Gasteiger partial charge in [0, 0.05) is 25.2 Å². The largest absolute Gasteiger partial charge is 0.356 e. The van der Waals surface area contributed by atoms with Crippen molar-refractivity contribution in [3.05, 3.63) is 52.6 Å².